The lowest BCUT2D eigenvalue weighted by atomic mass is 9.84. The number of aldehydes is 1. The first kappa shape index (κ1) is 36.7. The Balaban J connectivity index is 1.57. The number of carbonyl (C=O) groups excluding carboxylic acids is 3. The van der Waals surface area contributed by atoms with Gasteiger partial charge in [-0.05, 0) is 97.4 Å². The number of nitrogens with one attached hydrogen (secondary N) is 2. The highest BCUT2D eigenvalue weighted by Gasteiger charge is 2.41. The molecule has 4 aliphatic heterocycles. The van der Waals surface area contributed by atoms with E-state index >= 15 is 0 Å². The molecular formula is C42H39F4N5O3. The van der Waals surface area contributed by atoms with Gasteiger partial charge in [0.25, 0.3) is 11.8 Å². The smallest absolute Gasteiger partial charge is 0.361 e. The van der Waals surface area contributed by atoms with Crippen molar-refractivity contribution in [3.63, 3.8) is 0 Å². The highest BCUT2D eigenvalue weighted by atomic mass is 19.4. The van der Waals surface area contributed by atoms with Gasteiger partial charge in [0.15, 0.2) is 0 Å². The number of fused-ring (bicyclic) bond motifs is 8. The first-order valence-corrected chi connectivity index (χ1v) is 17.9. The molecule has 7 rings (SSSR count). The minimum absolute atomic E-state index is 0.0457. The Bertz CT molecular complexity index is 2430. The number of benzene rings is 1. The Morgan fingerprint density at radius 2 is 1.57 bits per heavy atom. The summed E-state index contributed by atoms with van der Waals surface area (Å²) in [5.41, 5.74) is 8.02. The van der Waals surface area contributed by atoms with Gasteiger partial charge in [0.2, 0.25) is 0 Å². The molecule has 2 atom stereocenters. The standard InChI is InChI=1S/C42H39F4N5O3/c1-7-27-20(3)30-15-32-22(5)29(10-9-11-52)38(49-32)37-39-36(23(6)33(50-39)17-35-28(8-2)21(4)31(48-35)16-34(27)47-30)40(53)51(41(37)54)19-25-12-24(18-43)13-26(14-25)42(44,45)46/h7,11-17,22,29,49-50H,1,8-10,18-19H2,2-6H3/t22-,29-/m0/s1. The molecular weight excluding hydrogens is 698 g/mol. The lowest BCUT2D eigenvalue weighted by molar-refractivity contribution is -0.137. The van der Waals surface area contributed by atoms with Gasteiger partial charge in [-0.15, -0.1) is 0 Å². The molecule has 0 unspecified atom stereocenters. The molecule has 1 aromatic carbocycles. The van der Waals surface area contributed by atoms with Gasteiger partial charge in [0.05, 0.1) is 51.5 Å². The van der Waals surface area contributed by atoms with Crippen LogP contribution in [0.1, 0.15) is 136 Å². The van der Waals surface area contributed by atoms with Crippen molar-refractivity contribution in [1.29, 1.82) is 0 Å². The second-order valence-electron chi connectivity index (χ2n) is 14.2. The number of alkyl halides is 4. The molecule has 8 nitrogen and oxygen atoms in total. The molecule has 2 amide bonds. The number of rotatable bonds is 8. The van der Waals surface area contributed by atoms with Crippen molar-refractivity contribution in [3.05, 3.63) is 117 Å². The summed E-state index contributed by atoms with van der Waals surface area (Å²) in [6.45, 7) is 12.1. The van der Waals surface area contributed by atoms with Gasteiger partial charge < -0.3 is 14.8 Å². The second kappa shape index (κ2) is 13.6. The highest BCUT2D eigenvalue weighted by Crippen LogP contribution is 2.45. The summed E-state index contributed by atoms with van der Waals surface area (Å²) >= 11 is 0. The molecule has 2 aromatic heterocycles. The number of halogens is 4. The number of carbonyl (C=O) groups is 3. The number of hydrogen-bond acceptors (Lipinski definition) is 5. The van der Waals surface area contributed by atoms with Crippen LogP contribution >= 0.6 is 0 Å². The van der Waals surface area contributed by atoms with E-state index in [4.69, 9.17) is 9.97 Å². The number of imide groups is 1. The van der Waals surface area contributed by atoms with Crippen molar-refractivity contribution >= 4 is 51.4 Å². The van der Waals surface area contributed by atoms with Crippen molar-refractivity contribution in [3.8, 4) is 0 Å². The molecule has 3 aromatic rings. The van der Waals surface area contributed by atoms with E-state index in [1.165, 1.54) is 6.07 Å². The Morgan fingerprint density at radius 3 is 2.24 bits per heavy atom. The van der Waals surface area contributed by atoms with Crippen LogP contribution in [0.15, 0.2) is 49.1 Å². The molecule has 4 aliphatic rings. The first-order chi connectivity index (χ1) is 25.7. The van der Waals surface area contributed by atoms with Crippen molar-refractivity contribution in [1.82, 2.24) is 24.8 Å². The summed E-state index contributed by atoms with van der Waals surface area (Å²) in [5, 5.41) is 0. The maximum absolute atomic E-state index is 14.8. The summed E-state index contributed by atoms with van der Waals surface area (Å²) in [6, 6.07) is 8.50. The summed E-state index contributed by atoms with van der Waals surface area (Å²) in [6.07, 6.45) is -0.965. The fourth-order valence-electron chi connectivity index (χ4n) is 8.10. The minimum Gasteiger partial charge on any atom is -0.361 e. The third-order valence-corrected chi connectivity index (χ3v) is 11.0. The predicted octanol–water partition coefficient (Wildman–Crippen LogP) is 9.95. The van der Waals surface area contributed by atoms with Crippen molar-refractivity contribution in [2.24, 2.45) is 0 Å². The lowest BCUT2D eigenvalue weighted by Gasteiger charge is -2.27. The van der Waals surface area contributed by atoms with Crippen molar-refractivity contribution in [2.75, 3.05) is 0 Å². The van der Waals surface area contributed by atoms with E-state index in [-0.39, 0.29) is 46.0 Å². The van der Waals surface area contributed by atoms with E-state index in [0.29, 0.717) is 46.7 Å². The van der Waals surface area contributed by atoms with E-state index in [2.05, 4.69) is 16.5 Å². The normalized spacial score (nSPS) is 17.8. The summed E-state index contributed by atoms with van der Waals surface area (Å²) in [5.74, 6) is -2.05. The SMILES string of the molecule is C=CC1=C(C)c2cc3[nH]c(c4c5[nH]c(cc6nc(cc1n2)C(C)=C6CC)c(C)c5C(=O)N(Cc1cc(CF)cc(C(F)(F)F)c1)C4=O)[C@@H](CCC=O)[C@@H]3C. The van der Waals surface area contributed by atoms with E-state index < -0.39 is 36.8 Å². The van der Waals surface area contributed by atoms with Crippen LogP contribution in [-0.2, 0) is 24.2 Å². The Labute approximate surface area is 309 Å². The molecule has 12 heteroatoms. The van der Waals surface area contributed by atoms with Crippen LogP contribution in [0, 0.1) is 6.92 Å². The van der Waals surface area contributed by atoms with Crippen LogP contribution in [0.5, 0.6) is 0 Å². The quantitative estimate of drug-likeness (QED) is 0.136. The Morgan fingerprint density at radius 1 is 0.889 bits per heavy atom. The molecule has 0 saturated heterocycles. The second-order valence-corrected chi connectivity index (χ2v) is 14.2. The zero-order valence-corrected chi connectivity index (χ0v) is 30.6. The van der Waals surface area contributed by atoms with Gasteiger partial charge in [-0.25, -0.2) is 14.4 Å². The summed E-state index contributed by atoms with van der Waals surface area (Å²) < 4.78 is 55.5. The average molecular weight is 738 g/mol. The van der Waals surface area contributed by atoms with Crippen molar-refractivity contribution < 1.29 is 31.9 Å². The van der Waals surface area contributed by atoms with Crippen LogP contribution < -0.4 is 0 Å². The van der Waals surface area contributed by atoms with Gasteiger partial charge >= 0.3 is 6.18 Å². The summed E-state index contributed by atoms with van der Waals surface area (Å²) in [7, 11) is 0. The molecule has 0 radical (unpaired) electrons. The lowest BCUT2D eigenvalue weighted by Crippen LogP contribution is -2.40. The number of amides is 2. The highest BCUT2D eigenvalue weighted by molar-refractivity contribution is 6.23. The predicted molar refractivity (Wildman–Crippen MR) is 199 cm³/mol. The van der Waals surface area contributed by atoms with Gasteiger partial charge in [-0.1, -0.05) is 32.6 Å². The number of H-pyrrole nitrogens is 2. The maximum atomic E-state index is 14.8. The third kappa shape index (κ3) is 5.97. The molecule has 0 spiro atoms. The van der Waals surface area contributed by atoms with Crippen LogP contribution in [0.2, 0.25) is 0 Å². The maximum Gasteiger partial charge on any atom is 0.416 e. The minimum atomic E-state index is -4.78. The Hall–Kier alpha value is -5.65. The number of aromatic amines is 2. The van der Waals surface area contributed by atoms with E-state index in [0.717, 1.165) is 57.0 Å². The fourth-order valence-corrected chi connectivity index (χ4v) is 8.10. The number of aryl methyl sites for hydroxylation is 1. The van der Waals surface area contributed by atoms with E-state index in [9.17, 15) is 31.9 Å². The van der Waals surface area contributed by atoms with Gasteiger partial charge in [-0.3, -0.25) is 14.5 Å². The molecule has 0 aliphatic carbocycles. The monoisotopic (exact) mass is 737 g/mol. The topological polar surface area (TPSA) is 112 Å². The first-order valence-electron chi connectivity index (χ1n) is 17.9. The third-order valence-electron chi connectivity index (χ3n) is 11.0. The molecule has 54 heavy (non-hydrogen) atoms. The van der Waals surface area contributed by atoms with Crippen LogP contribution in [0.3, 0.4) is 0 Å². The Kier molecular flexibility index (Phi) is 9.27. The molecule has 8 bridgehead atoms. The molecule has 278 valence electrons. The van der Waals surface area contributed by atoms with Crippen LogP contribution in [0.25, 0.3) is 33.3 Å². The van der Waals surface area contributed by atoms with E-state index in [1.807, 2.05) is 45.9 Å². The van der Waals surface area contributed by atoms with Crippen LogP contribution in [0.4, 0.5) is 17.6 Å². The van der Waals surface area contributed by atoms with Gasteiger partial charge in [0.1, 0.15) is 13.0 Å². The number of nitrogens with zero attached hydrogens (tertiary/aromatic N) is 3. The van der Waals surface area contributed by atoms with E-state index in [1.54, 1.807) is 13.0 Å². The number of aromatic nitrogens is 4. The zero-order chi connectivity index (χ0) is 38.8. The van der Waals surface area contributed by atoms with Crippen molar-refractivity contribution in [2.45, 2.75) is 85.1 Å². The van der Waals surface area contributed by atoms with Gasteiger partial charge in [0, 0.05) is 40.7 Å². The summed E-state index contributed by atoms with van der Waals surface area (Å²) in [4.78, 5) is 58.7. The largest absolute Gasteiger partial charge is 0.416 e. The molecule has 0 fully saturated rings. The number of allylic oxidation sites excluding steroid dienone is 5. The molecule has 0 saturated carbocycles. The average Bonchev–Trinajstić information content (AvgIpc) is 3.81. The molecule has 6 heterocycles. The van der Waals surface area contributed by atoms with Crippen LogP contribution in [-0.4, -0.2) is 42.9 Å². The fraction of sp³-hybridized carbons (Fsp3) is 0.310. The van der Waals surface area contributed by atoms with Gasteiger partial charge in [-0.2, -0.15) is 13.2 Å². The molecule has 2 N–H and O–H groups in total. The zero-order valence-electron chi connectivity index (χ0n) is 30.6. The number of hydrogen-bond donors (Lipinski definition) is 2.